The SMILES string of the molecule is CCN1CCCC1CNC(=O)c1cc(N)cc(Cl)c1Cl. The number of amides is 1. The molecule has 1 heterocycles. The maximum atomic E-state index is 12.2. The molecule has 1 amide bonds. The van der Waals surface area contributed by atoms with Crippen LogP contribution in [0.1, 0.15) is 30.1 Å². The zero-order valence-electron chi connectivity index (χ0n) is 11.5. The van der Waals surface area contributed by atoms with Gasteiger partial charge in [0.2, 0.25) is 0 Å². The normalized spacial score (nSPS) is 19.2. The topological polar surface area (TPSA) is 58.4 Å². The highest BCUT2D eigenvalue weighted by Gasteiger charge is 2.24. The van der Waals surface area contributed by atoms with E-state index in [0.29, 0.717) is 28.9 Å². The van der Waals surface area contributed by atoms with E-state index in [4.69, 9.17) is 28.9 Å². The van der Waals surface area contributed by atoms with Gasteiger partial charge in [-0.1, -0.05) is 30.1 Å². The summed E-state index contributed by atoms with van der Waals surface area (Å²) in [5, 5.41) is 3.47. The number of hydrogen-bond acceptors (Lipinski definition) is 3. The summed E-state index contributed by atoms with van der Waals surface area (Å²) >= 11 is 12.0. The van der Waals surface area contributed by atoms with Gasteiger partial charge in [-0.3, -0.25) is 9.69 Å². The predicted octanol–water partition coefficient (Wildman–Crippen LogP) is 2.79. The third-order valence-corrected chi connectivity index (χ3v) is 4.50. The van der Waals surface area contributed by atoms with Crippen LogP contribution in [0.15, 0.2) is 12.1 Å². The first kappa shape index (κ1) is 15.4. The molecule has 110 valence electrons. The molecule has 0 radical (unpaired) electrons. The van der Waals surface area contributed by atoms with Crippen LogP contribution in [0.5, 0.6) is 0 Å². The van der Waals surface area contributed by atoms with Gasteiger partial charge in [-0.05, 0) is 38.1 Å². The highest BCUT2D eigenvalue weighted by molar-refractivity contribution is 6.44. The molecular weight excluding hydrogens is 297 g/mol. The molecule has 4 nitrogen and oxygen atoms in total. The van der Waals surface area contributed by atoms with Crippen molar-refractivity contribution in [1.29, 1.82) is 0 Å². The molecule has 0 spiro atoms. The second-order valence-electron chi connectivity index (χ2n) is 5.00. The Morgan fingerprint density at radius 3 is 2.95 bits per heavy atom. The molecule has 20 heavy (non-hydrogen) atoms. The molecule has 0 saturated carbocycles. The Morgan fingerprint density at radius 2 is 2.25 bits per heavy atom. The predicted molar refractivity (Wildman–Crippen MR) is 83.5 cm³/mol. The molecule has 1 aromatic rings. The molecule has 0 aliphatic carbocycles. The van der Waals surface area contributed by atoms with E-state index >= 15 is 0 Å². The summed E-state index contributed by atoms with van der Waals surface area (Å²) in [4.78, 5) is 14.6. The average molecular weight is 316 g/mol. The number of likely N-dealkylation sites (tertiary alicyclic amines) is 1. The fraction of sp³-hybridized carbons (Fsp3) is 0.500. The second kappa shape index (κ2) is 6.66. The molecule has 1 aliphatic heterocycles. The van der Waals surface area contributed by atoms with Crippen LogP contribution in [0.4, 0.5) is 5.69 Å². The van der Waals surface area contributed by atoms with Crippen LogP contribution >= 0.6 is 23.2 Å². The molecule has 1 unspecified atom stereocenters. The third kappa shape index (κ3) is 3.37. The maximum absolute atomic E-state index is 12.2. The quantitative estimate of drug-likeness (QED) is 0.840. The van der Waals surface area contributed by atoms with Crippen LogP contribution in [0.25, 0.3) is 0 Å². The fourth-order valence-electron chi connectivity index (χ4n) is 2.62. The number of anilines is 1. The highest BCUT2D eigenvalue weighted by atomic mass is 35.5. The summed E-state index contributed by atoms with van der Waals surface area (Å²) in [6, 6.07) is 3.49. The Morgan fingerprint density at radius 1 is 1.50 bits per heavy atom. The number of rotatable bonds is 4. The van der Waals surface area contributed by atoms with Crippen molar-refractivity contribution in [3.8, 4) is 0 Å². The van der Waals surface area contributed by atoms with Crippen LogP contribution < -0.4 is 11.1 Å². The summed E-state index contributed by atoms with van der Waals surface area (Å²) in [6.07, 6.45) is 2.29. The molecule has 0 aromatic heterocycles. The number of nitrogen functional groups attached to an aromatic ring is 1. The van der Waals surface area contributed by atoms with Gasteiger partial charge in [0, 0.05) is 18.3 Å². The number of nitrogens with one attached hydrogen (secondary N) is 1. The van der Waals surface area contributed by atoms with E-state index in [1.54, 1.807) is 6.07 Å². The molecular formula is C14H19Cl2N3O. The number of benzene rings is 1. The van der Waals surface area contributed by atoms with Gasteiger partial charge in [-0.15, -0.1) is 0 Å². The van der Waals surface area contributed by atoms with Gasteiger partial charge in [0.25, 0.3) is 5.91 Å². The summed E-state index contributed by atoms with van der Waals surface area (Å²) in [5.74, 6) is -0.229. The lowest BCUT2D eigenvalue weighted by molar-refractivity contribution is 0.0941. The number of halogens is 2. The van der Waals surface area contributed by atoms with Crippen molar-refractivity contribution in [2.45, 2.75) is 25.8 Å². The van der Waals surface area contributed by atoms with Crippen molar-refractivity contribution in [3.63, 3.8) is 0 Å². The van der Waals surface area contributed by atoms with Crippen molar-refractivity contribution in [2.24, 2.45) is 0 Å². The lowest BCUT2D eigenvalue weighted by Gasteiger charge is -2.23. The number of carbonyl (C=O) groups is 1. The Balaban J connectivity index is 2.02. The first-order valence-corrected chi connectivity index (χ1v) is 7.55. The summed E-state index contributed by atoms with van der Waals surface area (Å²) in [7, 11) is 0. The lowest BCUT2D eigenvalue weighted by Crippen LogP contribution is -2.40. The molecule has 1 fully saturated rings. The molecule has 2 rings (SSSR count). The zero-order valence-corrected chi connectivity index (χ0v) is 13.0. The van der Waals surface area contributed by atoms with E-state index in [9.17, 15) is 4.79 Å². The summed E-state index contributed by atoms with van der Waals surface area (Å²) in [6.45, 7) is 4.86. The number of likely N-dealkylation sites (N-methyl/N-ethyl adjacent to an activating group) is 1. The monoisotopic (exact) mass is 315 g/mol. The number of nitrogens with two attached hydrogens (primary N) is 1. The van der Waals surface area contributed by atoms with Crippen LogP contribution in [0.3, 0.4) is 0 Å². The third-order valence-electron chi connectivity index (χ3n) is 3.70. The van der Waals surface area contributed by atoms with Crippen molar-refractivity contribution in [2.75, 3.05) is 25.4 Å². The van der Waals surface area contributed by atoms with Gasteiger partial charge in [-0.2, -0.15) is 0 Å². The number of hydrogen-bond donors (Lipinski definition) is 2. The number of nitrogens with zero attached hydrogens (tertiary/aromatic N) is 1. The van der Waals surface area contributed by atoms with Crippen LogP contribution in [-0.2, 0) is 0 Å². The summed E-state index contributed by atoms with van der Waals surface area (Å²) in [5.41, 5.74) is 6.46. The molecule has 3 N–H and O–H groups in total. The highest BCUT2D eigenvalue weighted by Crippen LogP contribution is 2.28. The first-order chi connectivity index (χ1) is 9.52. The van der Waals surface area contributed by atoms with Crippen molar-refractivity contribution in [1.82, 2.24) is 10.2 Å². The minimum atomic E-state index is -0.229. The minimum Gasteiger partial charge on any atom is -0.399 e. The van der Waals surface area contributed by atoms with E-state index in [1.807, 2.05) is 0 Å². The van der Waals surface area contributed by atoms with Gasteiger partial charge in [0.15, 0.2) is 0 Å². The van der Waals surface area contributed by atoms with E-state index in [-0.39, 0.29) is 10.9 Å². The van der Waals surface area contributed by atoms with Gasteiger partial charge in [0.05, 0.1) is 15.6 Å². The standard InChI is InChI=1S/C14H19Cl2N3O/c1-2-19-5-3-4-10(19)8-18-14(20)11-6-9(17)7-12(15)13(11)16/h6-7,10H,2-5,8,17H2,1H3,(H,18,20). The number of carbonyl (C=O) groups excluding carboxylic acids is 1. The van der Waals surface area contributed by atoms with E-state index < -0.39 is 0 Å². The van der Waals surface area contributed by atoms with Crippen LogP contribution in [0.2, 0.25) is 10.0 Å². The second-order valence-corrected chi connectivity index (χ2v) is 5.78. The molecule has 1 saturated heterocycles. The van der Waals surface area contributed by atoms with Gasteiger partial charge in [0.1, 0.15) is 0 Å². The summed E-state index contributed by atoms with van der Waals surface area (Å²) < 4.78 is 0. The Bertz CT molecular complexity index is 507. The maximum Gasteiger partial charge on any atom is 0.252 e. The van der Waals surface area contributed by atoms with E-state index in [1.165, 1.54) is 12.5 Å². The molecule has 1 aliphatic rings. The molecule has 6 heteroatoms. The van der Waals surface area contributed by atoms with Gasteiger partial charge < -0.3 is 11.1 Å². The Kier molecular flexibility index (Phi) is 5.13. The lowest BCUT2D eigenvalue weighted by atomic mass is 10.1. The smallest absolute Gasteiger partial charge is 0.252 e. The van der Waals surface area contributed by atoms with E-state index in [2.05, 4.69) is 17.1 Å². The zero-order chi connectivity index (χ0) is 14.7. The Hall–Kier alpha value is -0.970. The minimum absolute atomic E-state index is 0.229. The van der Waals surface area contributed by atoms with Crippen molar-refractivity contribution < 1.29 is 4.79 Å². The van der Waals surface area contributed by atoms with Crippen molar-refractivity contribution in [3.05, 3.63) is 27.7 Å². The van der Waals surface area contributed by atoms with Gasteiger partial charge in [-0.25, -0.2) is 0 Å². The molecule has 0 bridgehead atoms. The fourth-order valence-corrected chi connectivity index (χ4v) is 3.05. The van der Waals surface area contributed by atoms with Gasteiger partial charge >= 0.3 is 0 Å². The Labute approximate surface area is 129 Å². The van der Waals surface area contributed by atoms with E-state index in [0.717, 1.165) is 19.5 Å². The average Bonchev–Trinajstić information content (AvgIpc) is 2.87. The van der Waals surface area contributed by atoms with Crippen molar-refractivity contribution >= 4 is 34.8 Å². The molecule has 1 aromatic carbocycles. The molecule has 1 atom stereocenters. The first-order valence-electron chi connectivity index (χ1n) is 6.79. The van der Waals surface area contributed by atoms with Crippen LogP contribution in [-0.4, -0.2) is 36.5 Å². The van der Waals surface area contributed by atoms with Crippen LogP contribution in [0, 0.1) is 0 Å². The largest absolute Gasteiger partial charge is 0.399 e.